The van der Waals surface area contributed by atoms with E-state index in [4.69, 9.17) is 4.42 Å². The highest BCUT2D eigenvalue weighted by molar-refractivity contribution is 4.98. The summed E-state index contributed by atoms with van der Waals surface area (Å²) < 4.78 is 5.36. The zero-order valence-corrected chi connectivity index (χ0v) is 10.6. The van der Waals surface area contributed by atoms with E-state index in [9.17, 15) is 0 Å². The van der Waals surface area contributed by atoms with Crippen molar-refractivity contribution in [2.75, 3.05) is 0 Å². The first kappa shape index (κ1) is 11.3. The summed E-state index contributed by atoms with van der Waals surface area (Å²) >= 11 is 0. The van der Waals surface area contributed by atoms with Gasteiger partial charge in [0.1, 0.15) is 5.76 Å². The molecule has 2 aliphatic rings. The lowest BCUT2D eigenvalue weighted by Crippen LogP contribution is -2.36. The highest BCUT2D eigenvalue weighted by atomic mass is 16.3. The molecule has 0 atom stereocenters. The molecule has 2 saturated carbocycles. The van der Waals surface area contributed by atoms with Crippen molar-refractivity contribution in [3.8, 4) is 0 Å². The van der Waals surface area contributed by atoms with Gasteiger partial charge >= 0.3 is 0 Å². The van der Waals surface area contributed by atoms with E-state index in [0.717, 1.165) is 17.7 Å². The number of hydrogen-bond acceptors (Lipinski definition) is 2. The van der Waals surface area contributed by atoms with Gasteiger partial charge in [0.2, 0.25) is 0 Å². The molecule has 2 heteroatoms. The third-order valence-electron chi connectivity index (χ3n) is 4.86. The van der Waals surface area contributed by atoms with Crippen molar-refractivity contribution in [3.05, 3.63) is 24.2 Å². The molecule has 0 saturated heterocycles. The van der Waals surface area contributed by atoms with Crippen LogP contribution in [0, 0.1) is 5.41 Å². The quantitative estimate of drug-likeness (QED) is 0.857. The zero-order valence-electron chi connectivity index (χ0n) is 10.6. The van der Waals surface area contributed by atoms with Crippen molar-refractivity contribution in [1.82, 2.24) is 5.32 Å². The Bertz CT molecular complexity index is 328. The molecule has 3 rings (SSSR count). The van der Waals surface area contributed by atoms with Crippen LogP contribution >= 0.6 is 0 Å². The minimum atomic E-state index is 0.714. The van der Waals surface area contributed by atoms with Crippen LogP contribution in [0.3, 0.4) is 0 Å². The maximum atomic E-state index is 5.36. The van der Waals surface area contributed by atoms with E-state index in [2.05, 4.69) is 5.32 Å². The lowest BCUT2D eigenvalue weighted by molar-refractivity contribution is 0.167. The largest absolute Gasteiger partial charge is 0.468 e. The highest BCUT2D eigenvalue weighted by Gasteiger charge is 2.37. The second kappa shape index (κ2) is 4.85. The van der Waals surface area contributed by atoms with Gasteiger partial charge in [0, 0.05) is 6.04 Å². The van der Waals surface area contributed by atoms with E-state index in [-0.39, 0.29) is 0 Å². The first-order valence-electron chi connectivity index (χ1n) is 7.12. The van der Waals surface area contributed by atoms with Crippen molar-refractivity contribution in [2.24, 2.45) is 5.41 Å². The average Bonchev–Trinajstić information content (AvgIpc) is 3.01. The van der Waals surface area contributed by atoms with Crippen molar-refractivity contribution in [2.45, 2.75) is 64.0 Å². The Hall–Kier alpha value is -0.760. The summed E-state index contributed by atoms with van der Waals surface area (Å²) in [5.41, 5.74) is 0.753. The molecule has 17 heavy (non-hydrogen) atoms. The van der Waals surface area contributed by atoms with Crippen LogP contribution in [-0.4, -0.2) is 6.04 Å². The third kappa shape index (κ3) is 2.57. The molecule has 94 valence electrons. The van der Waals surface area contributed by atoms with E-state index in [0.29, 0.717) is 6.04 Å². The van der Waals surface area contributed by atoms with Crippen LogP contribution in [0.5, 0.6) is 0 Å². The normalized spacial score (nSPS) is 24.5. The first-order chi connectivity index (χ1) is 8.36. The van der Waals surface area contributed by atoms with Crippen LogP contribution in [-0.2, 0) is 6.54 Å². The van der Waals surface area contributed by atoms with Crippen molar-refractivity contribution in [3.63, 3.8) is 0 Å². The summed E-state index contributed by atoms with van der Waals surface area (Å²) in [6, 6.07) is 4.73. The van der Waals surface area contributed by atoms with Gasteiger partial charge in [-0.25, -0.2) is 0 Å². The van der Waals surface area contributed by atoms with Gasteiger partial charge in [0.05, 0.1) is 12.8 Å². The fourth-order valence-corrected chi connectivity index (χ4v) is 3.72. The Morgan fingerprint density at radius 1 is 1.18 bits per heavy atom. The number of nitrogens with one attached hydrogen (secondary N) is 1. The molecule has 0 amide bonds. The van der Waals surface area contributed by atoms with Crippen LogP contribution < -0.4 is 5.32 Å². The fourth-order valence-electron chi connectivity index (χ4n) is 3.72. The summed E-state index contributed by atoms with van der Waals surface area (Å²) in [6.45, 7) is 0.894. The predicted molar refractivity (Wildman–Crippen MR) is 68.7 cm³/mol. The minimum absolute atomic E-state index is 0.714. The zero-order chi connectivity index (χ0) is 11.6. The summed E-state index contributed by atoms with van der Waals surface area (Å²) in [5.74, 6) is 1.06. The van der Waals surface area contributed by atoms with E-state index in [1.807, 2.05) is 12.1 Å². The van der Waals surface area contributed by atoms with Gasteiger partial charge in [-0.2, -0.15) is 0 Å². The topological polar surface area (TPSA) is 25.2 Å². The van der Waals surface area contributed by atoms with Gasteiger partial charge in [-0.3, -0.25) is 0 Å². The van der Waals surface area contributed by atoms with Crippen molar-refractivity contribution in [1.29, 1.82) is 0 Å². The minimum Gasteiger partial charge on any atom is -0.468 e. The van der Waals surface area contributed by atoms with E-state index < -0.39 is 0 Å². The van der Waals surface area contributed by atoms with Crippen LogP contribution in [0.4, 0.5) is 0 Å². The lowest BCUT2D eigenvalue weighted by atomic mass is 9.71. The van der Waals surface area contributed by atoms with Gasteiger partial charge in [-0.05, 0) is 56.1 Å². The molecule has 1 heterocycles. The van der Waals surface area contributed by atoms with Crippen LogP contribution in [0.2, 0.25) is 0 Å². The van der Waals surface area contributed by atoms with Crippen LogP contribution in [0.25, 0.3) is 0 Å². The molecular weight excluding hydrogens is 210 g/mol. The monoisotopic (exact) mass is 233 g/mol. The lowest BCUT2D eigenvalue weighted by Gasteiger charge is -2.37. The molecule has 1 aromatic rings. The maximum Gasteiger partial charge on any atom is 0.117 e. The Balaban J connectivity index is 1.45. The molecule has 0 aliphatic heterocycles. The Morgan fingerprint density at radius 2 is 1.94 bits per heavy atom. The maximum absolute atomic E-state index is 5.36. The molecule has 1 aromatic heterocycles. The van der Waals surface area contributed by atoms with E-state index >= 15 is 0 Å². The second-order valence-corrected chi connectivity index (χ2v) is 5.94. The fraction of sp³-hybridized carbons (Fsp3) is 0.733. The number of hydrogen-bond donors (Lipinski definition) is 1. The van der Waals surface area contributed by atoms with Gasteiger partial charge in [-0.15, -0.1) is 0 Å². The second-order valence-electron chi connectivity index (χ2n) is 5.94. The molecule has 1 spiro atoms. The summed E-state index contributed by atoms with van der Waals surface area (Å²) in [7, 11) is 0. The number of rotatable bonds is 3. The van der Waals surface area contributed by atoms with Crippen LogP contribution in [0.1, 0.15) is 57.1 Å². The Labute approximate surface area is 104 Å². The van der Waals surface area contributed by atoms with Gasteiger partial charge in [-0.1, -0.05) is 12.8 Å². The molecule has 2 fully saturated rings. The Kier molecular flexibility index (Phi) is 3.24. The molecule has 0 bridgehead atoms. The summed E-state index contributed by atoms with van der Waals surface area (Å²) in [6.07, 6.45) is 13.3. The Morgan fingerprint density at radius 3 is 2.59 bits per heavy atom. The third-order valence-corrected chi connectivity index (χ3v) is 4.86. The van der Waals surface area contributed by atoms with Crippen molar-refractivity contribution < 1.29 is 4.42 Å². The molecule has 1 N–H and O–H groups in total. The van der Waals surface area contributed by atoms with E-state index in [1.54, 1.807) is 6.26 Å². The van der Waals surface area contributed by atoms with E-state index in [1.165, 1.54) is 51.4 Å². The first-order valence-corrected chi connectivity index (χ1v) is 7.12. The smallest absolute Gasteiger partial charge is 0.117 e. The molecule has 0 radical (unpaired) electrons. The van der Waals surface area contributed by atoms with Crippen molar-refractivity contribution >= 4 is 0 Å². The molecular formula is C15H23NO. The standard InChI is InChI=1S/C15H23NO/c1-2-8-15(7-1)9-5-13(6-10-15)16-12-14-4-3-11-17-14/h3-4,11,13,16H,1-2,5-10,12H2. The molecule has 0 unspecified atom stereocenters. The average molecular weight is 233 g/mol. The molecule has 2 nitrogen and oxygen atoms in total. The SMILES string of the molecule is c1coc(CNC2CCC3(CCCC3)CC2)c1. The van der Waals surface area contributed by atoms with Crippen LogP contribution in [0.15, 0.2) is 22.8 Å². The number of furan rings is 1. The van der Waals surface area contributed by atoms with Gasteiger partial charge in [0.25, 0.3) is 0 Å². The highest BCUT2D eigenvalue weighted by Crippen LogP contribution is 2.48. The predicted octanol–water partition coefficient (Wildman–Crippen LogP) is 3.87. The summed E-state index contributed by atoms with van der Waals surface area (Å²) in [5, 5.41) is 3.64. The van der Waals surface area contributed by atoms with Gasteiger partial charge < -0.3 is 9.73 Å². The summed E-state index contributed by atoms with van der Waals surface area (Å²) in [4.78, 5) is 0. The van der Waals surface area contributed by atoms with Gasteiger partial charge in [0.15, 0.2) is 0 Å². The molecule has 0 aromatic carbocycles. The molecule has 2 aliphatic carbocycles.